The average Bonchev–Trinajstić information content (AvgIpc) is 3.18. The largest absolute Gasteiger partial charge is 0.434 e. The number of nitrogens with one attached hydrogen (secondary N) is 1. The predicted molar refractivity (Wildman–Crippen MR) is 91.9 cm³/mol. The third-order valence-electron chi connectivity index (χ3n) is 4.44. The van der Waals surface area contributed by atoms with Crippen LogP contribution < -0.4 is 10.1 Å². The first-order valence-electron chi connectivity index (χ1n) is 7.59. The maximum Gasteiger partial charge on any atom is 0.261 e. The zero-order valence-electron chi connectivity index (χ0n) is 12.3. The monoisotopic (exact) mass is 369 g/mol. The summed E-state index contributed by atoms with van der Waals surface area (Å²) in [6.45, 7) is 3.32. The average molecular weight is 370 g/mol. The fourth-order valence-electron chi connectivity index (χ4n) is 3.25. The molecule has 0 aromatic carbocycles. The zero-order chi connectivity index (χ0) is 15.8. The lowest BCUT2D eigenvalue weighted by Crippen LogP contribution is -2.57. The Morgan fingerprint density at radius 2 is 2.13 bits per heavy atom. The van der Waals surface area contributed by atoms with E-state index in [2.05, 4.69) is 15.2 Å². The molecule has 2 aromatic heterocycles. The quantitative estimate of drug-likeness (QED) is 0.896. The first-order chi connectivity index (χ1) is 11.2. The molecule has 3 saturated heterocycles. The highest BCUT2D eigenvalue weighted by Crippen LogP contribution is 2.34. The normalized spacial score (nSPS) is 26.2. The third-order valence-corrected chi connectivity index (χ3v) is 6.39. The molecule has 1 N–H and O–H groups in total. The number of halogens is 1. The first kappa shape index (κ1) is 15.4. The number of hydrogen-bond acceptors (Lipinski definition) is 6. The molecule has 0 aliphatic carbocycles. The minimum atomic E-state index is -0.00839. The lowest BCUT2D eigenvalue weighted by molar-refractivity contribution is 0.0622. The van der Waals surface area contributed by atoms with Gasteiger partial charge < -0.3 is 15.0 Å². The molecule has 5 heterocycles. The smallest absolute Gasteiger partial charge is 0.261 e. The molecule has 5 rings (SSSR count). The van der Waals surface area contributed by atoms with Crippen molar-refractivity contribution < 1.29 is 9.53 Å². The number of amides is 1. The Morgan fingerprint density at radius 1 is 1.30 bits per heavy atom. The molecule has 0 spiro atoms. The van der Waals surface area contributed by atoms with E-state index in [4.69, 9.17) is 16.3 Å². The van der Waals surface area contributed by atoms with Gasteiger partial charge in [-0.25, -0.2) is 4.98 Å². The summed E-state index contributed by atoms with van der Waals surface area (Å²) in [5.41, 5.74) is 0. The van der Waals surface area contributed by atoms with E-state index in [9.17, 15) is 4.79 Å². The summed E-state index contributed by atoms with van der Waals surface area (Å²) in [6, 6.07) is 3.89. The molecular formula is C15H16ClN3O2S2. The second kappa shape index (κ2) is 6.39. The first-order valence-corrected chi connectivity index (χ1v) is 9.61. The van der Waals surface area contributed by atoms with Gasteiger partial charge in [0.25, 0.3) is 5.91 Å². The molecule has 1 unspecified atom stereocenters. The van der Waals surface area contributed by atoms with Crippen molar-refractivity contribution in [3.05, 3.63) is 27.7 Å². The Morgan fingerprint density at radius 3 is 2.78 bits per heavy atom. The summed E-state index contributed by atoms with van der Waals surface area (Å²) < 4.78 is 6.11. The van der Waals surface area contributed by atoms with E-state index >= 15 is 0 Å². The molecule has 5 nitrogen and oxygen atoms in total. The van der Waals surface area contributed by atoms with E-state index in [-0.39, 0.29) is 11.9 Å². The molecule has 122 valence electrons. The van der Waals surface area contributed by atoms with Crippen molar-refractivity contribution in [1.82, 2.24) is 15.2 Å². The van der Waals surface area contributed by atoms with Crippen molar-refractivity contribution >= 4 is 40.2 Å². The van der Waals surface area contributed by atoms with Crippen molar-refractivity contribution in [2.75, 3.05) is 19.6 Å². The molecule has 3 aliphatic heterocycles. The maximum absolute atomic E-state index is 12.5. The Bertz CT molecular complexity index is 709. The Balaban J connectivity index is 1.39. The predicted octanol–water partition coefficient (Wildman–Crippen LogP) is 3.47. The fraction of sp³-hybridized carbons (Fsp3) is 0.467. The van der Waals surface area contributed by atoms with E-state index in [0.717, 1.165) is 6.54 Å². The van der Waals surface area contributed by atoms with E-state index in [0.29, 0.717) is 25.4 Å². The van der Waals surface area contributed by atoms with Gasteiger partial charge in [-0.1, -0.05) is 34.3 Å². The highest BCUT2D eigenvalue weighted by molar-refractivity contribution is 7.18. The molecule has 1 atom stereocenters. The van der Waals surface area contributed by atoms with Crippen LogP contribution in [0.4, 0.5) is 0 Å². The lowest BCUT2D eigenvalue weighted by atomic mass is 9.84. The lowest BCUT2D eigenvalue weighted by Gasteiger charge is -2.44. The van der Waals surface area contributed by atoms with Gasteiger partial charge in [0.15, 0.2) is 9.53 Å². The minimum Gasteiger partial charge on any atom is -0.434 e. The SMILES string of the molecule is O=C(NC1CN2CCC1CC2)c1ccc(Oc2cnc(Cl)s2)s1. The van der Waals surface area contributed by atoms with E-state index in [1.807, 2.05) is 6.07 Å². The van der Waals surface area contributed by atoms with Gasteiger partial charge in [-0.05, 0) is 44.0 Å². The fourth-order valence-corrected chi connectivity index (χ4v) is 4.86. The number of piperidine rings is 3. The van der Waals surface area contributed by atoms with Gasteiger partial charge in [0.1, 0.15) is 0 Å². The Kier molecular flexibility index (Phi) is 4.27. The van der Waals surface area contributed by atoms with E-state index < -0.39 is 0 Å². The number of hydrogen-bond donors (Lipinski definition) is 1. The molecule has 23 heavy (non-hydrogen) atoms. The van der Waals surface area contributed by atoms with Crippen LogP contribution in [0.1, 0.15) is 22.5 Å². The van der Waals surface area contributed by atoms with Gasteiger partial charge in [0.2, 0.25) is 5.06 Å². The molecule has 0 radical (unpaired) electrons. The summed E-state index contributed by atoms with van der Waals surface area (Å²) in [5, 5.41) is 4.49. The molecule has 8 heteroatoms. The van der Waals surface area contributed by atoms with Crippen LogP contribution >= 0.6 is 34.3 Å². The van der Waals surface area contributed by atoms with E-state index in [1.54, 1.807) is 12.3 Å². The Hall–Kier alpha value is -1.15. The molecule has 3 fully saturated rings. The van der Waals surface area contributed by atoms with Crippen LogP contribution in [0.15, 0.2) is 18.3 Å². The van der Waals surface area contributed by atoms with Crippen molar-refractivity contribution in [1.29, 1.82) is 0 Å². The number of rotatable bonds is 4. The van der Waals surface area contributed by atoms with Gasteiger partial charge in [0, 0.05) is 12.6 Å². The molecular weight excluding hydrogens is 354 g/mol. The highest BCUT2D eigenvalue weighted by atomic mass is 35.5. The molecule has 0 saturated carbocycles. The standard InChI is InChI=1S/C15H16ClN3O2S2/c16-15-17-7-13(23-15)21-12-2-1-11(22-12)14(20)18-10-8-19-5-3-9(10)4-6-19/h1-2,7,9-10H,3-6,8H2,(H,18,20). The van der Waals surface area contributed by atoms with Crippen LogP contribution in [0.2, 0.25) is 4.47 Å². The van der Waals surface area contributed by atoms with Crippen LogP contribution in [0, 0.1) is 5.92 Å². The van der Waals surface area contributed by atoms with Gasteiger partial charge >= 0.3 is 0 Å². The Labute approximate surface area is 147 Å². The van der Waals surface area contributed by atoms with Crippen molar-refractivity contribution in [2.45, 2.75) is 18.9 Å². The number of fused-ring (bicyclic) bond motifs is 3. The molecule has 2 aromatic rings. The summed E-state index contributed by atoms with van der Waals surface area (Å²) >= 11 is 8.40. The van der Waals surface area contributed by atoms with Gasteiger partial charge in [-0.3, -0.25) is 4.79 Å². The minimum absolute atomic E-state index is 0.00839. The number of aromatic nitrogens is 1. The van der Waals surface area contributed by atoms with Crippen LogP contribution in [0.3, 0.4) is 0 Å². The summed E-state index contributed by atoms with van der Waals surface area (Å²) in [5.74, 6) is 0.616. The van der Waals surface area contributed by atoms with Crippen molar-refractivity contribution in [3.8, 4) is 10.1 Å². The summed E-state index contributed by atoms with van der Waals surface area (Å²) in [6.07, 6.45) is 3.96. The number of nitrogens with zero attached hydrogens (tertiary/aromatic N) is 2. The maximum atomic E-state index is 12.5. The van der Waals surface area contributed by atoms with Gasteiger partial charge in [-0.2, -0.15) is 0 Å². The topological polar surface area (TPSA) is 54.5 Å². The van der Waals surface area contributed by atoms with Crippen molar-refractivity contribution in [2.24, 2.45) is 5.92 Å². The number of carbonyl (C=O) groups excluding carboxylic acids is 1. The van der Waals surface area contributed by atoms with Crippen LogP contribution in [0.25, 0.3) is 0 Å². The van der Waals surface area contributed by atoms with Crippen LogP contribution in [-0.4, -0.2) is 41.5 Å². The van der Waals surface area contributed by atoms with Gasteiger partial charge in [0.05, 0.1) is 11.1 Å². The van der Waals surface area contributed by atoms with E-state index in [1.165, 1.54) is 48.6 Å². The number of ether oxygens (including phenoxy) is 1. The second-order valence-electron chi connectivity index (χ2n) is 5.87. The molecule has 3 aliphatic rings. The zero-order valence-corrected chi connectivity index (χ0v) is 14.7. The summed E-state index contributed by atoms with van der Waals surface area (Å²) in [7, 11) is 0. The molecule has 1 amide bonds. The van der Waals surface area contributed by atoms with Crippen molar-refractivity contribution in [3.63, 3.8) is 0 Å². The van der Waals surface area contributed by atoms with Crippen LogP contribution in [-0.2, 0) is 0 Å². The van der Waals surface area contributed by atoms with Crippen LogP contribution in [0.5, 0.6) is 10.1 Å². The van der Waals surface area contributed by atoms with Gasteiger partial charge in [-0.15, -0.1) is 0 Å². The number of thiazole rings is 1. The third kappa shape index (κ3) is 3.38. The second-order valence-corrected chi connectivity index (χ2v) is 8.49. The molecule has 2 bridgehead atoms. The highest BCUT2D eigenvalue weighted by Gasteiger charge is 2.35. The summed E-state index contributed by atoms with van der Waals surface area (Å²) in [4.78, 5) is 19.5. The number of carbonyl (C=O) groups is 1. The number of thiophene rings is 1.